The second kappa shape index (κ2) is 6.48. The molecule has 2 rings (SSSR count). The van der Waals surface area contributed by atoms with Gasteiger partial charge in [0.25, 0.3) is 5.91 Å². The number of amides is 1. The van der Waals surface area contributed by atoms with Crippen LogP contribution >= 0.6 is 0 Å². The van der Waals surface area contributed by atoms with Gasteiger partial charge in [-0.3, -0.25) is 14.8 Å². The first-order chi connectivity index (χ1) is 9.20. The molecule has 4 N–H and O–H groups in total. The fourth-order valence-electron chi connectivity index (χ4n) is 2.14. The highest BCUT2D eigenvalue weighted by molar-refractivity contribution is 5.90. The number of H-pyrrole nitrogens is 1. The quantitative estimate of drug-likeness (QED) is 0.647. The molecule has 2 heterocycles. The molecule has 0 bridgehead atoms. The minimum atomic E-state index is -0.282. The zero-order valence-corrected chi connectivity index (χ0v) is 11.1. The maximum Gasteiger partial charge on any atom is 0.288 e. The third kappa shape index (κ3) is 3.65. The number of ether oxygens (including phenoxy) is 1. The zero-order chi connectivity index (χ0) is 13.7. The molecule has 0 radical (unpaired) electrons. The maximum atomic E-state index is 11.8. The van der Waals surface area contributed by atoms with Crippen molar-refractivity contribution in [3.05, 3.63) is 5.82 Å². The Bertz CT molecular complexity index is 415. The van der Waals surface area contributed by atoms with E-state index in [1.54, 1.807) is 0 Å². The van der Waals surface area contributed by atoms with E-state index in [9.17, 15) is 4.79 Å². The van der Waals surface area contributed by atoms with E-state index in [-0.39, 0.29) is 17.7 Å². The molecule has 0 spiro atoms. The van der Waals surface area contributed by atoms with Crippen molar-refractivity contribution >= 4 is 11.9 Å². The molecule has 1 saturated heterocycles. The minimum absolute atomic E-state index is 0.0744. The Hall–Kier alpha value is -1.67. The number of anilines is 1. The molecule has 1 aromatic rings. The molecular weight excluding hydrogens is 248 g/mol. The van der Waals surface area contributed by atoms with Crippen molar-refractivity contribution in [2.45, 2.75) is 19.4 Å². The van der Waals surface area contributed by atoms with Gasteiger partial charge in [-0.2, -0.15) is 4.98 Å². The maximum absolute atomic E-state index is 11.8. The molecule has 0 saturated carbocycles. The van der Waals surface area contributed by atoms with Gasteiger partial charge in [0.2, 0.25) is 11.8 Å². The number of carbonyl (C=O) groups excluding carboxylic acids is 1. The first kappa shape index (κ1) is 13.8. The van der Waals surface area contributed by atoms with Crippen LogP contribution in [0.5, 0.6) is 0 Å². The van der Waals surface area contributed by atoms with Crippen molar-refractivity contribution in [2.24, 2.45) is 0 Å². The van der Waals surface area contributed by atoms with E-state index in [0.29, 0.717) is 12.6 Å². The number of nitrogens with two attached hydrogens (primary N) is 1. The molecule has 1 atom stereocenters. The van der Waals surface area contributed by atoms with Crippen LogP contribution in [0.2, 0.25) is 0 Å². The van der Waals surface area contributed by atoms with Crippen molar-refractivity contribution in [3.63, 3.8) is 0 Å². The molecule has 0 aliphatic carbocycles. The highest BCUT2D eigenvalue weighted by Gasteiger charge is 2.20. The van der Waals surface area contributed by atoms with Gasteiger partial charge in [-0.25, -0.2) is 0 Å². The summed E-state index contributed by atoms with van der Waals surface area (Å²) in [5.41, 5.74) is 5.36. The van der Waals surface area contributed by atoms with Gasteiger partial charge in [0.15, 0.2) is 0 Å². The summed E-state index contributed by atoms with van der Waals surface area (Å²) in [6.07, 6.45) is 0.971. The number of morpholine rings is 1. The van der Waals surface area contributed by atoms with Crippen molar-refractivity contribution in [1.29, 1.82) is 0 Å². The van der Waals surface area contributed by atoms with Crippen LogP contribution < -0.4 is 11.1 Å². The SMILES string of the molecule is CCC(CNC(=O)c1nc(N)n[nH]1)N1CCOCC1. The Morgan fingerprint density at radius 3 is 2.89 bits per heavy atom. The number of aromatic nitrogens is 3. The topological polar surface area (TPSA) is 109 Å². The molecule has 8 heteroatoms. The third-order valence-electron chi connectivity index (χ3n) is 3.25. The van der Waals surface area contributed by atoms with Gasteiger partial charge in [-0.05, 0) is 6.42 Å². The lowest BCUT2D eigenvalue weighted by atomic mass is 10.1. The average Bonchev–Trinajstić information content (AvgIpc) is 2.87. The predicted molar refractivity (Wildman–Crippen MR) is 69.6 cm³/mol. The summed E-state index contributed by atoms with van der Waals surface area (Å²) in [7, 11) is 0. The Labute approximate surface area is 111 Å². The van der Waals surface area contributed by atoms with Crippen molar-refractivity contribution in [2.75, 3.05) is 38.6 Å². The lowest BCUT2D eigenvalue weighted by Crippen LogP contribution is -2.48. The van der Waals surface area contributed by atoms with Gasteiger partial charge >= 0.3 is 0 Å². The van der Waals surface area contributed by atoms with Crippen molar-refractivity contribution in [3.8, 4) is 0 Å². The lowest BCUT2D eigenvalue weighted by molar-refractivity contribution is 0.0159. The first-order valence-corrected chi connectivity index (χ1v) is 6.48. The van der Waals surface area contributed by atoms with Crippen LogP contribution in [0.3, 0.4) is 0 Å². The summed E-state index contributed by atoms with van der Waals surface area (Å²) in [5.74, 6) is -0.0596. The van der Waals surface area contributed by atoms with Crippen LogP contribution in [0.4, 0.5) is 5.95 Å². The van der Waals surface area contributed by atoms with Crippen LogP contribution in [0.1, 0.15) is 24.0 Å². The number of hydrogen-bond donors (Lipinski definition) is 3. The number of hydrogen-bond acceptors (Lipinski definition) is 6. The van der Waals surface area contributed by atoms with Crippen LogP contribution in [-0.4, -0.2) is 64.9 Å². The van der Waals surface area contributed by atoms with Crippen molar-refractivity contribution < 1.29 is 9.53 Å². The van der Waals surface area contributed by atoms with E-state index < -0.39 is 0 Å². The van der Waals surface area contributed by atoms with Crippen LogP contribution in [-0.2, 0) is 4.74 Å². The first-order valence-electron chi connectivity index (χ1n) is 6.48. The largest absolute Gasteiger partial charge is 0.379 e. The predicted octanol–water partition coefficient (Wildman–Crippen LogP) is -0.772. The standard InChI is InChI=1S/C11H20N6O2/c1-2-8(17-3-5-19-6-4-17)7-13-10(18)9-14-11(12)16-15-9/h8H,2-7H2,1H3,(H,13,18)(H3,12,14,15,16). The summed E-state index contributed by atoms with van der Waals surface area (Å²) in [4.78, 5) is 17.9. The minimum Gasteiger partial charge on any atom is -0.379 e. The molecule has 1 unspecified atom stereocenters. The van der Waals surface area contributed by atoms with Gasteiger partial charge in [0, 0.05) is 25.7 Å². The Morgan fingerprint density at radius 2 is 2.32 bits per heavy atom. The monoisotopic (exact) mass is 268 g/mol. The van der Waals surface area contributed by atoms with Crippen LogP contribution in [0.15, 0.2) is 0 Å². The Morgan fingerprint density at radius 1 is 1.58 bits per heavy atom. The molecule has 0 aromatic carbocycles. The van der Waals surface area contributed by atoms with Gasteiger partial charge in [-0.1, -0.05) is 6.92 Å². The highest BCUT2D eigenvalue weighted by Crippen LogP contribution is 2.06. The lowest BCUT2D eigenvalue weighted by Gasteiger charge is -2.33. The Balaban J connectivity index is 1.83. The normalized spacial score (nSPS) is 18.2. The fourth-order valence-corrected chi connectivity index (χ4v) is 2.14. The molecule has 106 valence electrons. The molecule has 19 heavy (non-hydrogen) atoms. The number of nitrogens with one attached hydrogen (secondary N) is 2. The van der Waals surface area contributed by atoms with Gasteiger partial charge in [0.1, 0.15) is 0 Å². The number of aromatic amines is 1. The molecule has 1 amide bonds. The molecule has 1 aliphatic heterocycles. The summed E-state index contributed by atoms with van der Waals surface area (Å²) >= 11 is 0. The van der Waals surface area contributed by atoms with Crippen LogP contribution in [0, 0.1) is 0 Å². The molecule has 1 aromatic heterocycles. The average molecular weight is 268 g/mol. The summed E-state index contributed by atoms with van der Waals surface area (Å²) < 4.78 is 5.33. The van der Waals surface area contributed by atoms with E-state index in [0.717, 1.165) is 32.7 Å². The summed E-state index contributed by atoms with van der Waals surface area (Å²) in [6.45, 7) is 6.01. The van der Waals surface area contributed by atoms with E-state index in [2.05, 4.69) is 32.3 Å². The molecule has 1 fully saturated rings. The molecular formula is C11H20N6O2. The van der Waals surface area contributed by atoms with Gasteiger partial charge in [-0.15, -0.1) is 5.10 Å². The van der Waals surface area contributed by atoms with Gasteiger partial charge < -0.3 is 15.8 Å². The number of rotatable bonds is 5. The van der Waals surface area contributed by atoms with E-state index in [1.807, 2.05) is 0 Å². The number of nitrogens with zero attached hydrogens (tertiary/aromatic N) is 3. The van der Waals surface area contributed by atoms with E-state index in [4.69, 9.17) is 10.5 Å². The smallest absolute Gasteiger partial charge is 0.288 e. The summed E-state index contributed by atoms with van der Waals surface area (Å²) in [6, 6.07) is 0.313. The highest BCUT2D eigenvalue weighted by atomic mass is 16.5. The zero-order valence-electron chi connectivity index (χ0n) is 11.1. The second-order valence-electron chi connectivity index (χ2n) is 4.46. The number of nitrogen functional groups attached to an aromatic ring is 1. The van der Waals surface area contributed by atoms with Crippen molar-refractivity contribution in [1.82, 2.24) is 25.4 Å². The van der Waals surface area contributed by atoms with Crippen LogP contribution in [0.25, 0.3) is 0 Å². The Kier molecular flexibility index (Phi) is 4.69. The number of carbonyl (C=O) groups is 1. The third-order valence-corrected chi connectivity index (χ3v) is 3.25. The summed E-state index contributed by atoms with van der Waals surface area (Å²) in [5, 5.41) is 8.97. The van der Waals surface area contributed by atoms with E-state index >= 15 is 0 Å². The molecule has 8 nitrogen and oxygen atoms in total. The van der Waals surface area contributed by atoms with E-state index in [1.165, 1.54) is 0 Å². The van der Waals surface area contributed by atoms with Gasteiger partial charge in [0.05, 0.1) is 13.2 Å². The molecule has 1 aliphatic rings. The second-order valence-corrected chi connectivity index (χ2v) is 4.46. The fraction of sp³-hybridized carbons (Fsp3) is 0.727.